The average Bonchev–Trinajstić information content (AvgIpc) is 3.47. The summed E-state index contributed by atoms with van der Waals surface area (Å²) in [7, 11) is 2.17. The summed E-state index contributed by atoms with van der Waals surface area (Å²) >= 11 is 0. The van der Waals surface area contributed by atoms with Crippen molar-refractivity contribution in [2.75, 3.05) is 0 Å². The Hall–Kier alpha value is -4.89. The van der Waals surface area contributed by atoms with Gasteiger partial charge in [-0.05, 0) is 64.4 Å². The van der Waals surface area contributed by atoms with Crippen molar-refractivity contribution in [2.24, 2.45) is 7.05 Å². The molecule has 9 aromatic rings. The van der Waals surface area contributed by atoms with Crippen molar-refractivity contribution >= 4 is 81.8 Å². The summed E-state index contributed by atoms with van der Waals surface area (Å²) < 4.78 is 11.5. The number of hydrogen-bond acceptors (Lipinski definition) is 1. The molecule has 38 heavy (non-hydrogen) atoms. The fourth-order valence-corrected chi connectivity index (χ4v) is 6.77. The molecule has 0 saturated carbocycles. The van der Waals surface area contributed by atoms with Gasteiger partial charge in [0, 0.05) is 21.5 Å². The van der Waals surface area contributed by atoms with Crippen LogP contribution in [0.15, 0.2) is 108 Å². The summed E-state index contributed by atoms with van der Waals surface area (Å²) in [6.07, 6.45) is 0. The molecule has 0 N–H and O–H groups in total. The van der Waals surface area contributed by atoms with Gasteiger partial charge in [0.05, 0.1) is 12.4 Å². The van der Waals surface area contributed by atoms with Crippen molar-refractivity contribution in [1.82, 2.24) is 4.40 Å². The zero-order valence-electron chi connectivity index (χ0n) is 21.1. The maximum Gasteiger partial charge on any atom is 0.295 e. The van der Waals surface area contributed by atoms with Gasteiger partial charge in [-0.3, -0.25) is 0 Å². The second-order valence-corrected chi connectivity index (χ2v) is 10.5. The van der Waals surface area contributed by atoms with E-state index in [2.05, 4.69) is 126 Å². The minimum absolute atomic E-state index is 0.926. The van der Waals surface area contributed by atoms with Crippen LogP contribution in [0.1, 0.15) is 5.56 Å². The van der Waals surface area contributed by atoms with Crippen LogP contribution in [0.4, 0.5) is 0 Å². The molecule has 0 atom stereocenters. The van der Waals surface area contributed by atoms with Crippen LogP contribution in [0.5, 0.6) is 0 Å². The molecule has 0 aliphatic rings. The molecule has 3 heteroatoms. The zero-order valence-corrected chi connectivity index (χ0v) is 21.1. The first-order chi connectivity index (χ1) is 18.7. The summed E-state index contributed by atoms with van der Waals surface area (Å²) in [5.74, 6) is 0. The summed E-state index contributed by atoms with van der Waals surface area (Å²) in [5, 5.41) is 11.1. The molecule has 0 saturated heterocycles. The molecule has 9 rings (SSSR count). The van der Waals surface area contributed by atoms with E-state index >= 15 is 0 Å². The summed E-state index contributed by atoms with van der Waals surface area (Å²) in [4.78, 5) is 0. The molecule has 0 aliphatic heterocycles. The van der Waals surface area contributed by atoms with Gasteiger partial charge in [0.25, 0.3) is 5.65 Å². The number of fused-ring (bicyclic) bond motifs is 15. The van der Waals surface area contributed by atoms with Crippen LogP contribution in [-0.4, -0.2) is 4.40 Å². The first-order valence-electron chi connectivity index (χ1n) is 13.1. The maximum absolute atomic E-state index is 6.80. The molecule has 0 aliphatic carbocycles. The third-order valence-electron chi connectivity index (χ3n) is 8.50. The molecule has 0 spiro atoms. The zero-order chi connectivity index (χ0) is 25.1. The highest BCUT2D eigenvalue weighted by Crippen LogP contribution is 2.40. The first kappa shape index (κ1) is 20.2. The van der Waals surface area contributed by atoms with E-state index in [0.29, 0.717) is 0 Å². The van der Waals surface area contributed by atoms with E-state index < -0.39 is 0 Å². The summed E-state index contributed by atoms with van der Waals surface area (Å²) in [6.45, 7) is 2.21. The predicted molar refractivity (Wildman–Crippen MR) is 158 cm³/mol. The van der Waals surface area contributed by atoms with Crippen molar-refractivity contribution in [3.8, 4) is 0 Å². The van der Waals surface area contributed by atoms with Gasteiger partial charge in [-0.1, -0.05) is 72.8 Å². The van der Waals surface area contributed by atoms with E-state index in [0.717, 1.165) is 33.0 Å². The quantitative estimate of drug-likeness (QED) is 0.155. The smallest absolute Gasteiger partial charge is 0.295 e. The first-order valence-corrected chi connectivity index (χ1v) is 13.1. The number of aromatic nitrogens is 2. The number of furan rings is 1. The van der Waals surface area contributed by atoms with Crippen molar-refractivity contribution in [3.05, 3.63) is 109 Å². The summed E-state index contributed by atoms with van der Waals surface area (Å²) in [6, 6.07) is 37.4. The third-order valence-corrected chi connectivity index (χ3v) is 8.50. The third kappa shape index (κ3) is 2.37. The minimum Gasteiger partial charge on any atom is -0.451 e. The fraction of sp³-hybridized carbons (Fsp3) is 0.0571. The molecule has 3 aromatic heterocycles. The molecular weight excluding hydrogens is 464 g/mol. The number of nitrogens with zero attached hydrogens (tertiary/aromatic N) is 2. The Morgan fingerprint density at radius 1 is 0.632 bits per heavy atom. The van der Waals surface area contributed by atoms with E-state index in [4.69, 9.17) is 4.42 Å². The molecule has 3 nitrogen and oxygen atoms in total. The van der Waals surface area contributed by atoms with Crippen LogP contribution >= 0.6 is 0 Å². The number of hydrogen-bond donors (Lipinski definition) is 0. The van der Waals surface area contributed by atoms with E-state index in [9.17, 15) is 0 Å². The lowest BCUT2D eigenvalue weighted by Gasteiger charge is -2.06. The molecule has 6 aromatic carbocycles. The Labute approximate surface area is 217 Å². The van der Waals surface area contributed by atoms with E-state index in [-0.39, 0.29) is 0 Å². The lowest BCUT2D eigenvalue weighted by Crippen LogP contribution is -2.27. The van der Waals surface area contributed by atoms with Gasteiger partial charge in [0.15, 0.2) is 11.1 Å². The van der Waals surface area contributed by atoms with E-state index in [1.165, 1.54) is 54.4 Å². The van der Waals surface area contributed by atoms with Gasteiger partial charge in [-0.2, -0.15) is 4.40 Å². The van der Waals surface area contributed by atoms with Gasteiger partial charge in [-0.15, -0.1) is 0 Å². The molecule has 0 bridgehead atoms. The lowest BCUT2D eigenvalue weighted by atomic mass is 10.00. The molecule has 178 valence electrons. The Balaban J connectivity index is 1.54. The van der Waals surface area contributed by atoms with Crippen molar-refractivity contribution < 1.29 is 8.98 Å². The number of para-hydroxylation sites is 1. The molecule has 0 amide bonds. The molecule has 0 unspecified atom stereocenters. The number of benzene rings is 6. The Bertz CT molecular complexity index is 2480. The largest absolute Gasteiger partial charge is 0.451 e. The average molecular weight is 488 g/mol. The molecular formula is C35H23N2O+. The van der Waals surface area contributed by atoms with Crippen LogP contribution in [0.25, 0.3) is 81.8 Å². The second kappa shape index (κ2) is 6.90. The maximum atomic E-state index is 6.80. The van der Waals surface area contributed by atoms with Crippen LogP contribution in [0.2, 0.25) is 0 Å². The molecule has 0 radical (unpaired) electrons. The van der Waals surface area contributed by atoms with Gasteiger partial charge < -0.3 is 4.42 Å². The van der Waals surface area contributed by atoms with Gasteiger partial charge in [-0.25, -0.2) is 4.57 Å². The standard InChI is InChI=1S/C35H23N2O/c1-20-8-7-12-25-24-11-5-6-13-29(24)37-33-30(36(2)35(37)32(20)25)17-16-26-28-18-22-15-14-21-9-3-4-10-23(21)27(22)19-31(28)38-34(26)33/h3-19H,1-2H3/q+1. The lowest BCUT2D eigenvalue weighted by molar-refractivity contribution is -0.617. The van der Waals surface area contributed by atoms with E-state index in [1.54, 1.807) is 0 Å². The van der Waals surface area contributed by atoms with Crippen LogP contribution in [0.3, 0.4) is 0 Å². The Morgan fingerprint density at radius 3 is 2.34 bits per heavy atom. The number of rotatable bonds is 0. The second-order valence-electron chi connectivity index (χ2n) is 10.5. The topological polar surface area (TPSA) is 21.4 Å². The molecule has 3 heterocycles. The number of pyridine rings is 1. The highest BCUT2D eigenvalue weighted by Gasteiger charge is 2.27. The Morgan fingerprint density at radius 2 is 1.42 bits per heavy atom. The van der Waals surface area contributed by atoms with Crippen molar-refractivity contribution in [3.63, 3.8) is 0 Å². The molecule has 0 fully saturated rings. The predicted octanol–water partition coefficient (Wildman–Crippen LogP) is 8.74. The minimum atomic E-state index is 0.926. The normalized spacial score (nSPS) is 12.5. The van der Waals surface area contributed by atoms with Crippen LogP contribution in [0, 0.1) is 6.92 Å². The monoisotopic (exact) mass is 487 g/mol. The Kier molecular flexibility index (Phi) is 3.67. The van der Waals surface area contributed by atoms with Gasteiger partial charge >= 0.3 is 0 Å². The SMILES string of the molecule is Cc1cccc2c3ccccc3n3c4c5oc6cc7c(ccc8ccccc87)cc6c5ccc4[n+](C)c3c12. The van der Waals surface area contributed by atoms with Crippen molar-refractivity contribution in [2.45, 2.75) is 6.92 Å². The highest BCUT2D eigenvalue weighted by atomic mass is 16.3. The highest BCUT2D eigenvalue weighted by molar-refractivity contribution is 6.21. The van der Waals surface area contributed by atoms with Crippen LogP contribution < -0.4 is 4.57 Å². The number of imidazole rings is 1. The van der Waals surface area contributed by atoms with Gasteiger partial charge in [0.1, 0.15) is 11.1 Å². The van der Waals surface area contributed by atoms with Crippen molar-refractivity contribution in [1.29, 1.82) is 0 Å². The number of aryl methyl sites for hydroxylation is 2. The summed E-state index contributed by atoms with van der Waals surface area (Å²) in [5.41, 5.74) is 7.79. The van der Waals surface area contributed by atoms with E-state index in [1.807, 2.05) is 0 Å². The van der Waals surface area contributed by atoms with Gasteiger partial charge in [0.2, 0.25) is 5.52 Å². The van der Waals surface area contributed by atoms with Crippen LogP contribution in [-0.2, 0) is 7.05 Å². The fourth-order valence-electron chi connectivity index (χ4n) is 6.77.